The predicted molar refractivity (Wildman–Crippen MR) is 112 cm³/mol. The van der Waals surface area contributed by atoms with Crippen molar-refractivity contribution in [3.05, 3.63) is 35.9 Å². The number of nitrogens with one attached hydrogen (secondary N) is 2. The van der Waals surface area contributed by atoms with Crippen LogP contribution in [0.5, 0.6) is 0 Å². The average Bonchev–Trinajstić information content (AvgIpc) is 3.03. The molecule has 0 radical (unpaired) electrons. The van der Waals surface area contributed by atoms with Gasteiger partial charge in [-0.2, -0.15) is 0 Å². The first kappa shape index (κ1) is 22.5. The smallest absolute Gasteiger partial charge is 0.318 e. The fourth-order valence-electron chi connectivity index (χ4n) is 4.32. The van der Waals surface area contributed by atoms with Gasteiger partial charge in [-0.25, -0.2) is 4.79 Å². The van der Waals surface area contributed by atoms with E-state index in [1.165, 1.54) is 0 Å². The predicted octanol–water partition coefficient (Wildman–Crippen LogP) is 3.06. The van der Waals surface area contributed by atoms with Gasteiger partial charge in [-0.1, -0.05) is 30.3 Å². The number of esters is 1. The van der Waals surface area contributed by atoms with E-state index in [0.717, 1.165) is 37.9 Å². The number of hydrogen-bond acceptors (Lipinski definition) is 4. The first-order chi connectivity index (χ1) is 13.2. The lowest BCUT2D eigenvalue weighted by atomic mass is 9.84. The summed E-state index contributed by atoms with van der Waals surface area (Å²) < 4.78 is 5.13. The lowest BCUT2D eigenvalue weighted by Crippen LogP contribution is -2.46. The molecule has 0 aromatic heterocycles. The van der Waals surface area contributed by atoms with Crippen molar-refractivity contribution in [2.75, 3.05) is 32.8 Å². The summed E-state index contributed by atoms with van der Waals surface area (Å²) in [4.78, 5) is 26.7. The second-order valence-corrected chi connectivity index (χ2v) is 7.50. The van der Waals surface area contributed by atoms with Gasteiger partial charge in [0.05, 0.1) is 12.1 Å². The molecule has 2 saturated heterocycles. The van der Waals surface area contributed by atoms with E-state index in [1.807, 2.05) is 30.0 Å². The fraction of sp³-hybridized carbons (Fsp3) is 0.619. The molecule has 1 unspecified atom stereocenters. The normalized spacial score (nSPS) is 22.5. The second kappa shape index (κ2) is 10.7. The molecule has 6 nitrogen and oxygen atoms in total. The number of benzene rings is 1. The maximum Gasteiger partial charge on any atom is 0.318 e. The van der Waals surface area contributed by atoms with Crippen LogP contribution in [0.2, 0.25) is 0 Å². The number of carbonyl (C=O) groups is 2. The second-order valence-electron chi connectivity index (χ2n) is 7.50. The standard InChI is InChI=1S/C21H31N3O3.ClH/c1-2-27-19(25)8-12-21(18-6-4-3-5-7-18)16-23-20(26)24(21)15-11-17-9-13-22-14-10-17;/h3-7,17,22H,2,8-16H2,1H3,(H,23,26);1H. The van der Waals surface area contributed by atoms with Crippen LogP contribution in [-0.4, -0.2) is 49.7 Å². The summed E-state index contributed by atoms with van der Waals surface area (Å²) in [5, 5.41) is 6.42. The highest BCUT2D eigenvalue weighted by Gasteiger charge is 2.46. The third-order valence-corrected chi connectivity index (χ3v) is 5.87. The number of halogens is 1. The Morgan fingerprint density at radius 2 is 1.96 bits per heavy atom. The number of ether oxygens (including phenoxy) is 1. The Bertz CT molecular complexity index is 637. The zero-order chi connectivity index (χ0) is 19.1. The molecule has 2 fully saturated rings. The highest BCUT2D eigenvalue weighted by Crippen LogP contribution is 2.37. The molecule has 28 heavy (non-hydrogen) atoms. The van der Waals surface area contributed by atoms with E-state index >= 15 is 0 Å². The molecule has 1 aromatic carbocycles. The number of rotatable bonds is 8. The van der Waals surface area contributed by atoms with E-state index in [-0.39, 0.29) is 24.4 Å². The summed E-state index contributed by atoms with van der Waals surface area (Å²) in [7, 11) is 0. The van der Waals surface area contributed by atoms with Crippen LogP contribution < -0.4 is 10.6 Å². The number of amides is 2. The van der Waals surface area contributed by atoms with Crippen LogP contribution >= 0.6 is 12.4 Å². The Hall–Kier alpha value is -1.79. The van der Waals surface area contributed by atoms with E-state index < -0.39 is 5.54 Å². The molecule has 3 rings (SSSR count). The molecule has 2 amide bonds. The molecule has 0 saturated carbocycles. The van der Waals surface area contributed by atoms with Crippen molar-refractivity contribution in [3.8, 4) is 0 Å². The van der Waals surface area contributed by atoms with Crippen LogP contribution in [0.4, 0.5) is 4.79 Å². The van der Waals surface area contributed by atoms with Crippen molar-refractivity contribution in [3.63, 3.8) is 0 Å². The molecule has 1 aromatic rings. The molecular weight excluding hydrogens is 378 g/mol. The van der Waals surface area contributed by atoms with Crippen molar-refractivity contribution in [1.82, 2.24) is 15.5 Å². The van der Waals surface area contributed by atoms with E-state index in [9.17, 15) is 9.59 Å². The van der Waals surface area contributed by atoms with Gasteiger partial charge in [0.25, 0.3) is 0 Å². The zero-order valence-corrected chi connectivity index (χ0v) is 17.4. The quantitative estimate of drug-likeness (QED) is 0.647. The van der Waals surface area contributed by atoms with Gasteiger partial charge in [0, 0.05) is 19.5 Å². The Balaban J connectivity index is 0.00000280. The van der Waals surface area contributed by atoms with Gasteiger partial charge in [0.2, 0.25) is 0 Å². The van der Waals surface area contributed by atoms with Gasteiger partial charge in [0.15, 0.2) is 0 Å². The monoisotopic (exact) mass is 409 g/mol. The summed E-state index contributed by atoms with van der Waals surface area (Å²) in [6, 6.07) is 10.1. The number of piperidine rings is 1. The summed E-state index contributed by atoms with van der Waals surface area (Å²) >= 11 is 0. The van der Waals surface area contributed by atoms with Crippen molar-refractivity contribution in [2.45, 2.75) is 44.6 Å². The lowest BCUT2D eigenvalue weighted by Gasteiger charge is -2.38. The number of hydrogen-bond donors (Lipinski definition) is 2. The van der Waals surface area contributed by atoms with Crippen LogP contribution in [0.1, 0.15) is 44.6 Å². The number of urea groups is 1. The molecule has 1 atom stereocenters. The topological polar surface area (TPSA) is 70.7 Å². The minimum atomic E-state index is -0.488. The third-order valence-electron chi connectivity index (χ3n) is 5.87. The minimum Gasteiger partial charge on any atom is -0.466 e. The SMILES string of the molecule is CCOC(=O)CCC1(c2ccccc2)CNC(=O)N1CCC1CCNCC1.Cl. The van der Waals surface area contributed by atoms with Crippen LogP contribution in [0.25, 0.3) is 0 Å². The van der Waals surface area contributed by atoms with E-state index in [1.54, 1.807) is 0 Å². The Labute approximate surface area is 173 Å². The van der Waals surface area contributed by atoms with Crippen molar-refractivity contribution in [2.24, 2.45) is 5.92 Å². The summed E-state index contributed by atoms with van der Waals surface area (Å²) in [6.07, 6.45) is 4.21. The van der Waals surface area contributed by atoms with Gasteiger partial charge in [0.1, 0.15) is 0 Å². The largest absolute Gasteiger partial charge is 0.466 e. The summed E-state index contributed by atoms with van der Waals surface area (Å²) in [6.45, 7) is 5.56. The van der Waals surface area contributed by atoms with Gasteiger partial charge in [-0.05, 0) is 57.2 Å². The molecule has 156 valence electrons. The third kappa shape index (κ3) is 5.17. The van der Waals surface area contributed by atoms with Crippen molar-refractivity contribution >= 4 is 24.4 Å². The van der Waals surface area contributed by atoms with E-state index in [4.69, 9.17) is 4.74 Å². The van der Waals surface area contributed by atoms with Gasteiger partial charge >= 0.3 is 12.0 Å². The minimum absolute atomic E-state index is 0. The van der Waals surface area contributed by atoms with Gasteiger partial charge in [-0.15, -0.1) is 12.4 Å². The molecular formula is C21H32ClN3O3. The van der Waals surface area contributed by atoms with Gasteiger partial charge in [-0.3, -0.25) is 4.79 Å². The molecule has 7 heteroatoms. The number of carbonyl (C=O) groups excluding carboxylic acids is 2. The molecule has 0 bridgehead atoms. The number of nitrogens with zero attached hydrogens (tertiary/aromatic N) is 1. The molecule has 0 aliphatic carbocycles. The summed E-state index contributed by atoms with van der Waals surface area (Å²) in [5.41, 5.74) is 0.593. The molecule has 0 spiro atoms. The molecule has 2 aliphatic heterocycles. The molecule has 2 heterocycles. The Morgan fingerprint density at radius 3 is 2.64 bits per heavy atom. The first-order valence-electron chi connectivity index (χ1n) is 10.1. The van der Waals surface area contributed by atoms with Crippen molar-refractivity contribution in [1.29, 1.82) is 0 Å². The molecule has 2 N–H and O–H groups in total. The highest BCUT2D eigenvalue weighted by molar-refractivity contribution is 5.85. The lowest BCUT2D eigenvalue weighted by molar-refractivity contribution is -0.143. The Morgan fingerprint density at radius 1 is 1.25 bits per heavy atom. The van der Waals surface area contributed by atoms with Crippen LogP contribution in [0, 0.1) is 5.92 Å². The zero-order valence-electron chi connectivity index (χ0n) is 16.6. The fourth-order valence-corrected chi connectivity index (χ4v) is 4.32. The molecule has 2 aliphatic rings. The van der Waals surface area contributed by atoms with E-state index in [2.05, 4.69) is 22.8 Å². The van der Waals surface area contributed by atoms with Crippen molar-refractivity contribution < 1.29 is 14.3 Å². The maximum atomic E-state index is 12.7. The average molecular weight is 410 g/mol. The van der Waals surface area contributed by atoms with Gasteiger partial charge < -0.3 is 20.3 Å². The van der Waals surface area contributed by atoms with Crippen LogP contribution in [0.15, 0.2) is 30.3 Å². The maximum absolute atomic E-state index is 12.7. The van der Waals surface area contributed by atoms with Crippen LogP contribution in [0.3, 0.4) is 0 Å². The Kier molecular flexibility index (Phi) is 8.58. The van der Waals surface area contributed by atoms with E-state index in [0.29, 0.717) is 38.5 Å². The van der Waals surface area contributed by atoms with Crippen LogP contribution in [-0.2, 0) is 15.1 Å². The first-order valence-corrected chi connectivity index (χ1v) is 10.1. The summed E-state index contributed by atoms with van der Waals surface area (Å²) in [5.74, 6) is 0.448. The highest BCUT2D eigenvalue weighted by atomic mass is 35.5.